The topological polar surface area (TPSA) is 76.0 Å². The molecule has 41 heavy (non-hydrogen) atoms. The van der Waals surface area contributed by atoms with Crippen LogP contribution in [0.1, 0.15) is 86.7 Å². The van der Waals surface area contributed by atoms with Crippen molar-refractivity contribution in [2.45, 2.75) is 77.6 Å². The first-order valence-electron chi connectivity index (χ1n) is 14.8. The molecule has 0 aliphatic heterocycles. The molecule has 1 aromatic heterocycles. The number of benzene rings is 2. The maximum Gasteiger partial charge on any atom is 0.291 e. The van der Waals surface area contributed by atoms with Crippen molar-refractivity contribution in [3.8, 4) is 11.1 Å². The molecular formula is C33H40Cl2N4O2. The lowest BCUT2D eigenvalue weighted by Gasteiger charge is -2.26. The Morgan fingerprint density at radius 2 is 1.66 bits per heavy atom. The summed E-state index contributed by atoms with van der Waals surface area (Å²) in [7, 11) is 3.74. The number of carbonyl (C=O) groups is 2. The lowest BCUT2D eigenvalue weighted by molar-refractivity contribution is -0.115. The molecule has 2 aliphatic carbocycles. The Hall–Kier alpha value is -2.83. The van der Waals surface area contributed by atoms with Crippen molar-refractivity contribution in [1.29, 1.82) is 0 Å². The lowest BCUT2D eigenvalue weighted by Crippen LogP contribution is -2.18. The fourth-order valence-electron chi connectivity index (χ4n) is 7.16. The van der Waals surface area contributed by atoms with Crippen LogP contribution >= 0.6 is 23.2 Å². The number of fused-ring (bicyclic) bond motifs is 2. The predicted molar refractivity (Wildman–Crippen MR) is 168 cm³/mol. The van der Waals surface area contributed by atoms with E-state index in [1.165, 1.54) is 25.5 Å². The SMILES string of the molecule is CCCc1c(CCCCC23CCC(C=O)(CC2)C3)nc(C(=O)Nc2cccc(-c3cccc(NC)c3Cl)c2Cl)n1C. The number of hydrogen-bond donors (Lipinski definition) is 2. The molecule has 0 radical (unpaired) electrons. The number of rotatable bonds is 12. The summed E-state index contributed by atoms with van der Waals surface area (Å²) >= 11 is 13.4. The molecule has 2 aliphatic rings. The molecule has 218 valence electrons. The largest absolute Gasteiger partial charge is 0.387 e. The van der Waals surface area contributed by atoms with Crippen molar-refractivity contribution < 1.29 is 9.59 Å². The number of amides is 1. The smallest absolute Gasteiger partial charge is 0.291 e. The van der Waals surface area contributed by atoms with E-state index >= 15 is 0 Å². The van der Waals surface area contributed by atoms with Gasteiger partial charge in [0.25, 0.3) is 5.91 Å². The quantitative estimate of drug-likeness (QED) is 0.163. The third kappa shape index (κ3) is 5.78. The molecule has 3 aromatic rings. The Labute approximate surface area is 253 Å². The van der Waals surface area contributed by atoms with Crippen LogP contribution in [0, 0.1) is 10.8 Å². The van der Waals surface area contributed by atoms with Crippen LogP contribution < -0.4 is 10.6 Å². The van der Waals surface area contributed by atoms with Crippen LogP contribution in [0.5, 0.6) is 0 Å². The Morgan fingerprint density at radius 3 is 2.27 bits per heavy atom. The van der Waals surface area contributed by atoms with Gasteiger partial charge in [-0.25, -0.2) is 4.98 Å². The number of nitrogens with zero attached hydrogens (tertiary/aromatic N) is 2. The normalized spacial score (nSPS) is 21.3. The molecule has 2 aromatic carbocycles. The van der Waals surface area contributed by atoms with Crippen molar-refractivity contribution in [2.24, 2.45) is 17.9 Å². The van der Waals surface area contributed by atoms with Gasteiger partial charge in [0.2, 0.25) is 0 Å². The fraction of sp³-hybridized carbons (Fsp3) is 0.485. The van der Waals surface area contributed by atoms with Crippen LogP contribution in [0.4, 0.5) is 11.4 Å². The van der Waals surface area contributed by atoms with Crippen LogP contribution in [0.25, 0.3) is 11.1 Å². The van der Waals surface area contributed by atoms with E-state index in [0.29, 0.717) is 27.0 Å². The van der Waals surface area contributed by atoms with Gasteiger partial charge in [-0.2, -0.15) is 0 Å². The lowest BCUT2D eigenvalue weighted by atomic mass is 9.79. The van der Waals surface area contributed by atoms with Crippen molar-refractivity contribution >= 4 is 46.8 Å². The second-order valence-corrected chi connectivity index (χ2v) is 12.8. The minimum Gasteiger partial charge on any atom is -0.387 e. The van der Waals surface area contributed by atoms with E-state index in [0.717, 1.165) is 79.6 Å². The van der Waals surface area contributed by atoms with Crippen LogP contribution in [-0.4, -0.2) is 28.8 Å². The maximum absolute atomic E-state index is 13.5. The molecular weight excluding hydrogens is 555 g/mol. The van der Waals surface area contributed by atoms with E-state index in [2.05, 4.69) is 17.6 Å². The number of nitrogens with one attached hydrogen (secondary N) is 2. The van der Waals surface area contributed by atoms with Gasteiger partial charge in [0.05, 0.1) is 27.1 Å². The summed E-state index contributed by atoms with van der Waals surface area (Å²) in [5.74, 6) is 0.104. The molecule has 2 bridgehead atoms. The van der Waals surface area contributed by atoms with Gasteiger partial charge in [-0.1, -0.05) is 67.2 Å². The molecule has 1 amide bonds. The number of aromatic nitrogens is 2. The predicted octanol–water partition coefficient (Wildman–Crippen LogP) is 8.50. The Bertz CT molecular complexity index is 1440. The molecule has 0 spiro atoms. The summed E-state index contributed by atoms with van der Waals surface area (Å²) in [6.45, 7) is 2.15. The molecule has 2 N–H and O–H groups in total. The van der Waals surface area contributed by atoms with Crippen LogP contribution in [0.2, 0.25) is 10.0 Å². The third-order valence-corrected chi connectivity index (χ3v) is 10.3. The maximum atomic E-state index is 13.5. The van der Waals surface area contributed by atoms with Crippen LogP contribution in [0.15, 0.2) is 36.4 Å². The Balaban J connectivity index is 1.29. The Morgan fingerprint density at radius 1 is 1.00 bits per heavy atom. The fourth-order valence-corrected chi connectivity index (χ4v) is 7.75. The van der Waals surface area contributed by atoms with Gasteiger partial charge < -0.3 is 20.0 Å². The minimum atomic E-state index is -0.286. The monoisotopic (exact) mass is 594 g/mol. The molecule has 1 heterocycles. The average Bonchev–Trinajstić information content (AvgIpc) is 3.63. The van der Waals surface area contributed by atoms with Gasteiger partial charge in [0, 0.05) is 36.3 Å². The highest BCUT2D eigenvalue weighted by Gasteiger charge is 2.53. The average molecular weight is 596 g/mol. The van der Waals surface area contributed by atoms with Gasteiger partial charge in [0.15, 0.2) is 5.82 Å². The summed E-state index contributed by atoms with van der Waals surface area (Å²) in [5, 5.41) is 7.09. The first kappa shape index (κ1) is 29.7. The van der Waals surface area contributed by atoms with Gasteiger partial charge in [0.1, 0.15) is 6.29 Å². The molecule has 6 nitrogen and oxygen atoms in total. The zero-order chi connectivity index (χ0) is 29.2. The summed E-state index contributed by atoms with van der Waals surface area (Å²) in [4.78, 5) is 30.0. The molecule has 8 heteroatoms. The number of aryl methyl sites for hydroxylation is 1. The molecule has 2 saturated carbocycles. The van der Waals surface area contributed by atoms with Gasteiger partial charge >= 0.3 is 0 Å². The van der Waals surface area contributed by atoms with Crippen molar-refractivity contribution in [1.82, 2.24) is 9.55 Å². The summed E-state index contributed by atoms with van der Waals surface area (Å²) in [6, 6.07) is 11.3. The number of hydrogen-bond acceptors (Lipinski definition) is 4. The van der Waals surface area contributed by atoms with Crippen molar-refractivity contribution in [3.63, 3.8) is 0 Å². The second-order valence-electron chi connectivity index (χ2n) is 12.0. The van der Waals surface area contributed by atoms with Gasteiger partial charge in [-0.3, -0.25) is 4.79 Å². The zero-order valence-corrected chi connectivity index (χ0v) is 25.8. The first-order chi connectivity index (χ1) is 19.7. The van der Waals surface area contributed by atoms with E-state index < -0.39 is 0 Å². The number of imidazole rings is 1. The van der Waals surface area contributed by atoms with E-state index in [9.17, 15) is 9.59 Å². The van der Waals surface area contributed by atoms with Crippen molar-refractivity contribution in [2.75, 3.05) is 17.7 Å². The van der Waals surface area contributed by atoms with Crippen LogP contribution in [0.3, 0.4) is 0 Å². The highest BCUT2D eigenvalue weighted by molar-refractivity contribution is 6.39. The number of unbranched alkanes of at least 4 members (excludes halogenated alkanes) is 1. The first-order valence-corrected chi connectivity index (χ1v) is 15.6. The van der Waals surface area contributed by atoms with E-state index in [-0.39, 0.29) is 11.3 Å². The number of aldehydes is 1. The molecule has 2 fully saturated rings. The molecule has 0 saturated heterocycles. The number of carbonyl (C=O) groups excluding carboxylic acids is 2. The summed E-state index contributed by atoms with van der Waals surface area (Å²) in [5.41, 5.74) is 5.32. The molecule has 5 rings (SSSR count). The van der Waals surface area contributed by atoms with Crippen LogP contribution in [-0.2, 0) is 24.7 Å². The number of halogens is 2. The van der Waals surface area contributed by atoms with Gasteiger partial charge in [-0.15, -0.1) is 0 Å². The highest BCUT2D eigenvalue weighted by Crippen LogP contribution is 2.62. The summed E-state index contributed by atoms with van der Waals surface area (Å²) < 4.78 is 1.93. The second kappa shape index (κ2) is 12.2. The Kier molecular flexibility index (Phi) is 8.81. The molecule has 0 atom stereocenters. The third-order valence-electron chi connectivity index (χ3n) is 9.45. The minimum absolute atomic E-state index is 0.0248. The highest BCUT2D eigenvalue weighted by atomic mass is 35.5. The van der Waals surface area contributed by atoms with Crippen molar-refractivity contribution in [3.05, 3.63) is 63.7 Å². The van der Waals surface area contributed by atoms with Gasteiger partial charge in [-0.05, 0) is 75.3 Å². The van der Waals surface area contributed by atoms with E-state index in [1.54, 1.807) is 6.07 Å². The standard InChI is InChI=1S/C33H40Cl2N4O2/c1-4-9-27-24(12-5-6-15-32-16-18-33(20-32,21-40)19-17-32)37-30(39(27)3)31(41)38-26-14-8-11-23(29(26)35)22-10-7-13-25(36-2)28(22)34/h7-8,10-11,13-14,21,36H,4-6,9,12,15-20H2,1-3H3,(H,38,41). The van der Waals surface area contributed by atoms with E-state index in [4.69, 9.17) is 28.2 Å². The summed E-state index contributed by atoms with van der Waals surface area (Å²) in [6.07, 6.45) is 12.9. The molecule has 0 unspecified atom stereocenters. The van der Waals surface area contributed by atoms with E-state index in [1.807, 2.05) is 49.0 Å². The zero-order valence-electron chi connectivity index (χ0n) is 24.3. The number of anilines is 2.